The number of amides is 1. The number of hydrogen-bond acceptors (Lipinski definition) is 4. The van der Waals surface area contributed by atoms with Gasteiger partial charge in [0.1, 0.15) is 5.69 Å². The predicted octanol–water partition coefficient (Wildman–Crippen LogP) is 2.95. The summed E-state index contributed by atoms with van der Waals surface area (Å²) in [5, 5.41) is 2.92. The van der Waals surface area contributed by atoms with Crippen molar-refractivity contribution < 1.29 is 4.79 Å². The van der Waals surface area contributed by atoms with Crippen LogP contribution < -0.4 is 10.2 Å². The summed E-state index contributed by atoms with van der Waals surface area (Å²) < 4.78 is 0. The number of aromatic nitrogens is 2. The average molecular weight is 296 g/mol. The van der Waals surface area contributed by atoms with E-state index in [1.807, 2.05) is 38.1 Å². The lowest BCUT2D eigenvalue weighted by molar-refractivity contribution is 0.102. The first-order valence-electron chi connectivity index (χ1n) is 7.61. The zero-order chi connectivity index (χ0) is 15.5. The monoisotopic (exact) mass is 296 g/mol. The van der Waals surface area contributed by atoms with E-state index in [9.17, 15) is 4.79 Å². The molecule has 5 heteroatoms. The van der Waals surface area contributed by atoms with E-state index in [0.29, 0.717) is 11.6 Å². The molecule has 1 N–H and O–H groups in total. The highest BCUT2D eigenvalue weighted by molar-refractivity contribution is 6.03. The quantitative estimate of drug-likeness (QED) is 0.946. The number of benzene rings is 1. The maximum atomic E-state index is 12.5. The van der Waals surface area contributed by atoms with Crippen molar-refractivity contribution in [3.05, 3.63) is 47.3 Å². The van der Waals surface area contributed by atoms with Gasteiger partial charge in [-0.05, 0) is 44.4 Å². The first-order valence-corrected chi connectivity index (χ1v) is 7.61. The van der Waals surface area contributed by atoms with Gasteiger partial charge in [0.05, 0.1) is 0 Å². The molecule has 0 unspecified atom stereocenters. The lowest BCUT2D eigenvalue weighted by Gasteiger charge is -2.16. The van der Waals surface area contributed by atoms with Crippen LogP contribution in [0.5, 0.6) is 0 Å². The molecule has 0 bridgehead atoms. The van der Waals surface area contributed by atoms with Gasteiger partial charge < -0.3 is 10.2 Å². The number of anilines is 2. The Labute approximate surface area is 130 Å². The van der Waals surface area contributed by atoms with Crippen LogP contribution in [-0.4, -0.2) is 29.0 Å². The Morgan fingerprint density at radius 3 is 2.59 bits per heavy atom. The van der Waals surface area contributed by atoms with Crippen molar-refractivity contribution in [2.24, 2.45) is 0 Å². The van der Waals surface area contributed by atoms with Crippen LogP contribution in [0.4, 0.5) is 11.6 Å². The molecule has 3 rings (SSSR count). The number of para-hydroxylation sites is 1. The maximum Gasteiger partial charge on any atom is 0.274 e. The van der Waals surface area contributed by atoms with Crippen molar-refractivity contribution >= 4 is 17.5 Å². The van der Waals surface area contributed by atoms with E-state index in [0.717, 1.165) is 42.9 Å². The summed E-state index contributed by atoms with van der Waals surface area (Å²) in [6.07, 6.45) is 2.31. The zero-order valence-electron chi connectivity index (χ0n) is 13.0. The Morgan fingerprint density at radius 1 is 1.14 bits per heavy atom. The van der Waals surface area contributed by atoms with Gasteiger partial charge >= 0.3 is 0 Å². The molecule has 1 aliphatic heterocycles. The van der Waals surface area contributed by atoms with Gasteiger partial charge in [0.15, 0.2) is 0 Å². The van der Waals surface area contributed by atoms with Crippen LogP contribution in [0.25, 0.3) is 0 Å². The van der Waals surface area contributed by atoms with Crippen LogP contribution in [0.15, 0.2) is 30.3 Å². The molecule has 0 radical (unpaired) electrons. The highest BCUT2D eigenvalue weighted by Gasteiger charge is 2.18. The van der Waals surface area contributed by atoms with E-state index in [2.05, 4.69) is 20.2 Å². The molecule has 0 spiro atoms. The number of aryl methyl sites for hydroxylation is 2. The molecule has 1 aliphatic rings. The number of nitrogens with zero attached hydrogens (tertiary/aromatic N) is 3. The number of rotatable bonds is 3. The second kappa shape index (κ2) is 6.13. The van der Waals surface area contributed by atoms with Gasteiger partial charge in [-0.15, -0.1) is 0 Å². The summed E-state index contributed by atoms with van der Waals surface area (Å²) in [6.45, 7) is 5.78. The molecule has 1 aromatic heterocycles. The summed E-state index contributed by atoms with van der Waals surface area (Å²) >= 11 is 0. The topological polar surface area (TPSA) is 58.1 Å². The van der Waals surface area contributed by atoms with Crippen LogP contribution in [0.2, 0.25) is 0 Å². The van der Waals surface area contributed by atoms with E-state index in [-0.39, 0.29) is 5.91 Å². The van der Waals surface area contributed by atoms with Crippen molar-refractivity contribution in [3.8, 4) is 0 Å². The molecule has 2 heterocycles. The molecule has 1 aromatic carbocycles. The third-order valence-electron chi connectivity index (χ3n) is 3.86. The highest BCUT2D eigenvalue weighted by atomic mass is 16.1. The summed E-state index contributed by atoms with van der Waals surface area (Å²) in [4.78, 5) is 23.5. The van der Waals surface area contributed by atoms with Crippen LogP contribution in [0, 0.1) is 13.8 Å². The Bertz CT molecular complexity index is 693. The molecular weight excluding hydrogens is 276 g/mol. The normalized spacial score (nSPS) is 14.2. The van der Waals surface area contributed by atoms with E-state index in [1.54, 1.807) is 6.07 Å². The van der Waals surface area contributed by atoms with E-state index in [4.69, 9.17) is 0 Å². The van der Waals surface area contributed by atoms with Gasteiger partial charge in [-0.2, -0.15) is 0 Å². The van der Waals surface area contributed by atoms with E-state index >= 15 is 0 Å². The minimum atomic E-state index is -0.194. The average Bonchev–Trinajstić information content (AvgIpc) is 3.03. The van der Waals surface area contributed by atoms with Crippen LogP contribution >= 0.6 is 0 Å². The van der Waals surface area contributed by atoms with Crippen molar-refractivity contribution in [3.63, 3.8) is 0 Å². The van der Waals surface area contributed by atoms with Crippen molar-refractivity contribution in [2.75, 3.05) is 23.3 Å². The Balaban J connectivity index is 1.84. The third kappa shape index (κ3) is 3.08. The van der Waals surface area contributed by atoms with Gasteiger partial charge in [0, 0.05) is 24.5 Å². The maximum absolute atomic E-state index is 12.5. The standard InChI is InChI=1S/C17H20N4O/c1-12-7-3-4-8-14(12)19-16(22)15-11-13(2)18-17(20-15)21-9-5-6-10-21/h3-4,7-8,11H,5-6,9-10H2,1-2H3,(H,19,22). The SMILES string of the molecule is Cc1cc(C(=O)Nc2ccccc2C)nc(N2CCCC2)n1. The summed E-state index contributed by atoms with van der Waals surface area (Å²) in [5.74, 6) is 0.465. The molecular formula is C17H20N4O. The minimum absolute atomic E-state index is 0.194. The Morgan fingerprint density at radius 2 is 1.86 bits per heavy atom. The molecule has 5 nitrogen and oxygen atoms in total. The first-order chi connectivity index (χ1) is 10.6. The summed E-state index contributed by atoms with van der Waals surface area (Å²) in [5.41, 5.74) is 3.07. The molecule has 2 aromatic rings. The smallest absolute Gasteiger partial charge is 0.274 e. The number of nitrogens with one attached hydrogen (secondary N) is 1. The van der Waals surface area contributed by atoms with Gasteiger partial charge in [-0.3, -0.25) is 4.79 Å². The zero-order valence-corrected chi connectivity index (χ0v) is 13.0. The minimum Gasteiger partial charge on any atom is -0.341 e. The second-order valence-corrected chi connectivity index (χ2v) is 5.66. The highest BCUT2D eigenvalue weighted by Crippen LogP contribution is 2.18. The number of carbonyl (C=O) groups excluding carboxylic acids is 1. The Hall–Kier alpha value is -2.43. The summed E-state index contributed by atoms with van der Waals surface area (Å²) in [6, 6.07) is 9.45. The third-order valence-corrected chi connectivity index (χ3v) is 3.86. The second-order valence-electron chi connectivity index (χ2n) is 5.66. The largest absolute Gasteiger partial charge is 0.341 e. The number of hydrogen-bond donors (Lipinski definition) is 1. The molecule has 1 saturated heterocycles. The van der Waals surface area contributed by atoms with E-state index in [1.165, 1.54) is 0 Å². The fraction of sp³-hybridized carbons (Fsp3) is 0.353. The fourth-order valence-electron chi connectivity index (χ4n) is 2.63. The molecule has 1 amide bonds. The fourth-order valence-corrected chi connectivity index (χ4v) is 2.63. The molecule has 0 aliphatic carbocycles. The first kappa shape index (κ1) is 14.5. The summed E-state index contributed by atoms with van der Waals surface area (Å²) in [7, 11) is 0. The van der Waals surface area contributed by atoms with Gasteiger partial charge in [0.25, 0.3) is 5.91 Å². The molecule has 1 fully saturated rings. The van der Waals surface area contributed by atoms with Crippen LogP contribution in [-0.2, 0) is 0 Å². The van der Waals surface area contributed by atoms with Crippen LogP contribution in [0.3, 0.4) is 0 Å². The van der Waals surface area contributed by atoms with Crippen molar-refractivity contribution in [2.45, 2.75) is 26.7 Å². The van der Waals surface area contributed by atoms with Gasteiger partial charge in [0.2, 0.25) is 5.95 Å². The van der Waals surface area contributed by atoms with Crippen molar-refractivity contribution in [1.82, 2.24) is 9.97 Å². The van der Waals surface area contributed by atoms with Crippen LogP contribution in [0.1, 0.15) is 34.6 Å². The van der Waals surface area contributed by atoms with Gasteiger partial charge in [-0.1, -0.05) is 18.2 Å². The number of carbonyl (C=O) groups is 1. The van der Waals surface area contributed by atoms with Crippen molar-refractivity contribution in [1.29, 1.82) is 0 Å². The molecule has 0 saturated carbocycles. The molecule has 22 heavy (non-hydrogen) atoms. The predicted molar refractivity (Wildman–Crippen MR) is 87.3 cm³/mol. The van der Waals surface area contributed by atoms with E-state index < -0.39 is 0 Å². The molecule has 114 valence electrons. The Kier molecular flexibility index (Phi) is 4.04. The molecule has 0 atom stereocenters. The lowest BCUT2D eigenvalue weighted by atomic mass is 10.2. The lowest BCUT2D eigenvalue weighted by Crippen LogP contribution is -2.23. The van der Waals surface area contributed by atoms with Gasteiger partial charge in [-0.25, -0.2) is 9.97 Å².